The Balaban J connectivity index is 1.60. The summed E-state index contributed by atoms with van der Waals surface area (Å²) < 4.78 is 17.6. The van der Waals surface area contributed by atoms with Crippen LogP contribution in [0, 0.1) is 5.82 Å². The molecular formula is C20H20FNO4. The van der Waals surface area contributed by atoms with E-state index >= 15 is 0 Å². The van der Waals surface area contributed by atoms with Crippen LogP contribution in [0.25, 0.3) is 0 Å². The van der Waals surface area contributed by atoms with E-state index in [1.54, 1.807) is 42.5 Å². The SMILES string of the molecule is O=C(COC(=O)CCC(=O)c1ccccc1)NCCc1ccc(F)cc1. The summed E-state index contributed by atoms with van der Waals surface area (Å²) in [6.45, 7) is -0.0315. The third-order valence-corrected chi connectivity index (χ3v) is 3.67. The number of nitrogens with one attached hydrogen (secondary N) is 1. The van der Waals surface area contributed by atoms with Gasteiger partial charge in [0.25, 0.3) is 5.91 Å². The first-order valence-electron chi connectivity index (χ1n) is 8.29. The fraction of sp³-hybridized carbons (Fsp3) is 0.250. The normalized spacial score (nSPS) is 10.2. The molecule has 0 aromatic heterocycles. The molecule has 0 aliphatic heterocycles. The molecule has 0 unspecified atom stereocenters. The Labute approximate surface area is 151 Å². The summed E-state index contributed by atoms with van der Waals surface area (Å²) in [4.78, 5) is 35.1. The van der Waals surface area contributed by atoms with Crippen LogP contribution in [0.2, 0.25) is 0 Å². The first kappa shape index (κ1) is 19.3. The van der Waals surface area contributed by atoms with Crippen molar-refractivity contribution < 1.29 is 23.5 Å². The van der Waals surface area contributed by atoms with Crippen molar-refractivity contribution in [1.82, 2.24) is 5.32 Å². The number of ketones is 1. The first-order valence-corrected chi connectivity index (χ1v) is 8.29. The molecule has 1 amide bonds. The average molecular weight is 357 g/mol. The molecule has 1 N–H and O–H groups in total. The van der Waals surface area contributed by atoms with Crippen molar-refractivity contribution in [2.24, 2.45) is 0 Å². The van der Waals surface area contributed by atoms with Gasteiger partial charge in [0.2, 0.25) is 0 Å². The van der Waals surface area contributed by atoms with Crippen molar-refractivity contribution in [1.29, 1.82) is 0 Å². The number of rotatable bonds is 9. The number of hydrogen-bond acceptors (Lipinski definition) is 4. The van der Waals surface area contributed by atoms with Gasteiger partial charge in [0.1, 0.15) is 5.82 Å². The number of amides is 1. The summed E-state index contributed by atoms with van der Waals surface area (Å²) in [6, 6.07) is 14.7. The molecule has 0 heterocycles. The van der Waals surface area contributed by atoms with Gasteiger partial charge >= 0.3 is 5.97 Å². The Morgan fingerprint density at radius 1 is 0.923 bits per heavy atom. The maximum atomic E-state index is 12.8. The highest BCUT2D eigenvalue weighted by Crippen LogP contribution is 2.06. The molecule has 136 valence electrons. The van der Waals surface area contributed by atoms with Crippen LogP contribution in [-0.2, 0) is 20.7 Å². The molecule has 2 rings (SSSR count). The number of ether oxygens (including phenoxy) is 1. The molecule has 0 fully saturated rings. The fourth-order valence-corrected chi connectivity index (χ4v) is 2.25. The van der Waals surface area contributed by atoms with Crippen molar-refractivity contribution in [3.8, 4) is 0 Å². The first-order chi connectivity index (χ1) is 12.5. The standard InChI is InChI=1S/C20H20FNO4/c21-17-8-6-15(7-9-17)12-13-22-19(24)14-26-20(25)11-10-18(23)16-4-2-1-3-5-16/h1-9H,10-14H2,(H,22,24). The second-order valence-corrected chi connectivity index (χ2v) is 5.68. The van der Waals surface area contributed by atoms with Crippen molar-refractivity contribution in [3.63, 3.8) is 0 Å². The third kappa shape index (κ3) is 6.84. The van der Waals surface area contributed by atoms with Crippen LogP contribution in [0.1, 0.15) is 28.8 Å². The van der Waals surface area contributed by atoms with E-state index in [-0.39, 0.29) is 31.0 Å². The molecule has 6 heteroatoms. The fourth-order valence-electron chi connectivity index (χ4n) is 2.25. The molecule has 26 heavy (non-hydrogen) atoms. The molecule has 5 nitrogen and oxygen atoms in total. The number of benzene rings is 2. The summed E-state index contributed by atoms with van der Waals surface area (Å²) in [5.74, 6) is -1.47. The zero-order valence-electron chi connectivity index (χ0n) is 14.2. The Hall–Kier alpha value is -3.02. The summed E-state index contributed by atoms with van der Waals surface area (Å²) in [6.07, 6.45) is 0.511. The van der Waals surface area contributed by atoms with Crippen LogP contribution < -0.4 is 5.32 Å². The van der Waals surface area contributed by atoms with E-state index in [1.165, 1.54) is 12.1 Å². The van der Waals surface area contributed by atoms with Gasteiger partial charge < -0.3 is 10.1 Å². The van der Waals surface area contributed by atoms with Crippen LogP contribution >= 0.6 is 0 Å². The van der Waals surface area contributed by atoms with E-state index in [4.69, 9.17) is 4.74 Å². The number of carbonyl (C=O) groups is 3. The Kier molecular flexibility index (Phi) is 7.49. The van der Waals surface area contributed by atoms with Gasteiger partial charge in [0.05, 0.1) is 6.42 Å². The molecule has 0 bridgehead atoms. The summed E-state index contributed by atoms with van der Waals surface area (Å²) in [7, 11) is 0. The average Bonchev–Trinajstić information content (AvgIpc) is 2.66. The van der Waals surface area contributed by atoms with Gasteiger partial charge in [-0.2, -0.15) is 0 Å². The monoisotopic (exact) mass is 357 g/mol. The van der Waals surface area contributed by atoms with Gasteiger partial charge in [-0.25, -0.2) is 4.39 Å². The lowest BCUT2D eigenvalue weighted by Crippen LogP contribution is -2.30. The van der Waals surface area contributed by atoms with Gasteiger partial charge in [-0.3, -0.25) is 14.4 Å². The minimum Gasteiger partial charge on any atom is -0.456 e. The highest BCUT2D eigenvalue weighted by atomic mass is 19.1. The lowest BCUT2D eigenvalue weighted by atomic mass is 10.1. The number of esters is 1. The van der Waals surface area contributed by atoms with E-state index in [0.29, 0.717) is 18.5 Å². The van der Waals surface area contributed by atoms with Crippen LogP contribution in [0.4, 0.5) is 4.39 Å². The second-order valence-electron chi connectivity index (χ2n) is 5.68. The topological polar surface area (TPSA) is 72.5 Å². The smallest absolute Gasteiger partial charge is 0.306 e. The van der Waals surface area contributed by atoms with Gasteiger partial charge in [-0.05, 0) is 24.1 Å². The van der Waals surface area contributed by atoms with Crippen LogP contribution in [0.3, 0.4) is 0 Å². The molecule has 0 saturated carbocycles. The van der Waals surface area contributed by atoms with E-state index in [2.05, 4.69) is 5.32 Å². The lowest BCUT2D eigenvalue weighted by molar-refractivity contribution is -0.148. The minimum atomic E-state index is -0.594. The van der Waals surface area contributed by atoms with E-state index in [1.807, 2.05) is 0 Å². The highest BCUT2D eigenvalue weighted by molar-refractivity contribution is 5.97. The van der Waals surface area contributed by atoms with Crippen molar-refractivity contribution in [2.45, 2.75) is 19.3 Å². The molecule has 0 radical (unpaired) electrons. The Bertz CT molecular complexity index is 744. The zero-order valence-corrected chi connectivity index (χ0v) is 14.2. The van der Waals surface area contributed by atoms with Gasteiger partial charge in [0, 0.05) is 18.5 Å². The maximum absolute atomic E-state index is 12.8. The zero-order chi connectivity index (χ0) is 18.8. The van der Waals surface area contributed by atoms with Gasteiger partial charge in [-0.15, -0.1) is 0 Å². The molecular weight excluding hydrogens is 337 g/mol. The van der Waals surface area contributed by atoms with E-state index in [0.717, 1.165) is 5.56 Å². The maximum Gasteiger partial charge on any atom is 0.306 e. The number of carbonyl (C=O) groups excluding carboxylic acids is 3. The molecule has 2 aromatic carbocycles. The number of Topliss-reactive ketones (excluding diaryl/α,β-unsaturated/α-hetero) is 1. The van der Waals surface area contributed by atoms with Crippen LogP contribution in [-0.4, -0.2) is 30.8 Å². The van der Waals surface area contributed by atoms with Crippen molar-refractivity contribution >= 4 is 17.7 Å². The van der Waals surface area contributed by atoms with E-state index in [9.17, 15) is 18.8 Å². The van der Waals surface area contributed by atoms with Gasteiger partial charge in [-0.1, -0.05) is 42.5 Å². The molecule has 0 spiro atoms. The molecule has 0 aliphatic carbocycles. The van der Waals surface area contributed by atoms with Crippen LogP contribution in [0.5, 0.6) is 0 Å². The van der Waals surface area contributed by atoms with Crippen LogP contribution in [0.15, 0.2) is 54.6 Å². The predicted octanol–water partition coefficient (Wildman–Crippen LogP) is 2.69. The largest absolute Gasteiger partial charge is 0.456 e. The Morgan fingerprint density at radius 2 is 1.62 bits per heavy atom. The predicted molar refractivity (Wildman–Crippen MR) is 94.1 cm³/mol. The number of hydrogen-bond donors (Lipinski definition) is 1. The molecule has 0 saturated heterocycles. The number of halogens is 1. The summed E-state index contributed by atoms with van der Waals surface area (Å²) >= 11 is 0. The van der Waals surface area contributed by atoms with E-state index < -0.39 is 11.9 Å². The van der Waals surface area contributed by atoms with Gasteiger partial charge in [0.15, 0.2) is 12.4 Å². The highest BCUT2D eigenvalue weighted by Gasteiger charge is 2.11. The quantitative estimate of drug-likeness (QED) is 0.553. The second kappa shape index (κ2) is 10.1. The lowest BCUT2D eigenvalue weighted by Gasteiger charge is -2.07. The Morgan fingerprint density at radius 3 is 2.31 bits per heavy atom. The molecule has 0 aliphatic rings. The third-order valence-electron chi connectivity index (χ3n) is 3.67. The summed E-state index contributed by atoms with van der Waals surface area (Å²) in [5, 5.41) is 2.61. The molecule has 0 atom stereocenters. The summed E-state index contributed by atoms with van der Waals surface area (Å²) in [5.41, 5.74) is 1.43. The van der Waals surface area contributed by atoms with Crippen molar-refractivity contribution in [3.05, 3.63) is 71.5 Å². The molecule has 2 aromatic rings. The van der Waals surface area contributed by atoms with Crippen molar-refractivity contribution in [2.75, 3.05) is 13.2 Å². The minimum absolute atomic E-state index is 0.0367.